The topological polar surface area (TPSA) is 61.9 Å². The Balaban J connectivity index is 2.96. The Hall–Kier alpha value is -0.220. The fourth-order valence-electron chi connectivity index (χ4n) is 0.977. The van der Waals surface area contributed by atoms with Crippen LogP contribution < -0.4 is 11.1 Å². The molecular formula is C9H21N3S. The van der Waals surface area contributed by atoms with Crippen molar-refractivity contribution >= 4 is 16.9 Å². The highest BCUT2D eigenvalue weighted by Gasteiger charge is 1.93. The number of hydrogen-bond acceptors (Lipinski definition) is 3. The van der Waals surface area contributed by atoms with Gasteiger partial charge in [0.2, 0.25) is 0 Å². The number of amidine groups is 1. The number of hydrogen-bond donors (Lipinski definition) is 3. The maximum atomic E-state index is 7.00. The van der Waals surface area contributed by atoms with E-state index in [1.54, 1.807) is 0 Å². The van der Waals surface area contributed by atoms with Crippen molar-refractivity contribution in [3.63, 3.8) is 0 Å². The summed E-state index contributed by atoms with van der Waals surface area (Å²) in [6.07, 6.45) is 3.60. The Labute approximate surface area is 85.4 Å². The molecule has 4 N–H and O–H groups in total. The van der Waals surface area contributed by atoms with Crippen molar-refractivity contribution in [2.24, 2.45) is 5.73 Å². The van der Waals surface area contributed by atoms with Crippen LogP contribution in [0.15, 0.2) is 0 Å². The molecule has 78 valence electrons. The van der Waals surface area contributed by atoms with Crippen molar-refractivity contribution in [2.45, 2.75) is 39.2 Å². The molecule has 0 heterocycles. The Kier molecular flexibility index (Phi) is 8.24. The Bertz CT molecular complexity index is 137. The van der Waals surface area contributed by atoms with Crippen molar-refractivity contribution in [1.82, 2.24) is 5.32 Å². The number of nitrogens with two attached hydrogens (primary N) is 1. The predicted octanol–water partition coefficient (Wildman–Crippen LogP) is 1.78. The SMILES string of the molecule is CC(C)NCCCCCSC(=N)N. The van der Waals surface area contributed by atoms with E-state index in [1.165, 1.54) is 24.6 Å². The average molecular weight is 203 g/mol. The lowest BCUT2D eigenvalue weighted by atomic mass is 10.2. The average Bonchev–Trinajstić information content (AvgIpc) is 2.01. The first-order valence-corrected chi connectivity index (χ1v) is 5.81. The van der Waals surface area contributed by atoms with Crippen LogP contribution in [0, 0.1) is 5.41 Å². The van der Waals surface area contributed by atoms with E-state index in [4.69, 9.17) is 11.1 Å². The quantitative estimate of drug-likeness (QED) is 0.336. The Morgan fingerprint density at radius 1 is 1.38 bits per heavy atom. The van der Waals surface area contributed by atoms with Gasteiger partial charge in [-0.15, -0.1) is 0 Å². The molecule has 0 radical (unpaired) electrons. The Morgan fingerprint density at radius 2 is 2.08 bits per heavy atom. The molecule has 0 saturated heterocycles. The van der Waals surface area contributed by atoms with Crippen LogP contribution >= 0.6 is 11.8 Å². The molecule has 0 aliphatic rings. The molecular weight excluding hydrogens is 182 g/mol. The van der Waals surface area contributed by atoms with E-state index in [9.17, 15) is 0 Å². The third-order valence-corrected chi connectivity index (χ3v) is 2.44. The highest BCUT2D eigenvalue weighted by Crippen LogP contribution is 2.04. The normalized spacial score (nSPS) is 10.7. The van der Waals surface area contributed by atoms with Crippen molar-refractivity contribution in [2.75, 3.05) is 12.3 Å². The van der Waals surface area contributed by atoms with Crippen LogP contribution in [0.1, 0.15) is 33.1 Å². The smallest absolute Gasteiger partial charge is 0.151 e. The molecule has 0 aliphatic carbocycles. The number of unbranched alkanes of at least 4 members (excludes halogenated alkanes) is 2. The van der Waals surface area contributed by atoms with Gasteiger partial charge in [0.15, 0.2) is 5.17 Å². The van der Waals surface area contributed by atoms with Crippen LogP contribution in [0.25, 0.3) is 0 Å². The second kappa shape index (κ2) is 8.38. The molecule has 0 rings (SSSR count). The molecule has 0 aromatic rings. The summed E-state index contributed by atoms with van der Waals surface area (Å²) in [7, 11) is 0. The van der Waals surface area contributed by atoms with E-state index in [-0.39, 0.29) is 5.17 Å². The monoisotopic (exact) mass is 203 g/mol. The molecule has 0 aromatic carbocycles. The fourth-order valence-corrected chi connectivity index (χ4v) is 1.55. The van der Waals surface area contributed by atoms with Gasteiger partial charge >= 0.3 is 0 Å². The lowest BCUT2D eigenvalue weighted by molar-refractivity contribution is 0.555. The molecule has 0 aliphatic heterocycles. The van der Waals surface area contributed by atoms with Crippen molar-refractivity contribution < 1.29 is 0 Å². The lowest BCUT2D eigenvalue weighted by Crippen LogP contribution is -2.23. The summed E-state index contributed by atoms with van der Waals surface area (Å²) >= 11 is 1.44. The van der Waals surface area contributed by atoms with E-state index in [1.807, 2.05) is 0 Å². The van der Waals surface area contributed by atoms with Gasteiger partial charge in [0.05, 0.1) is 0 Å². The fraction of sp³-hybridized carbons (Fsp3) is 0.889. The molecule has 0 bridgehead atoms. The summed E-state index contributed by atoms with van der Waals surface area (Å²) in [6.45, 7) is 5.42. The van der Waals surface area contributed by atoms with Crippen LogP contribution in [0.2, 0.25) is 0 Å². The molecule has 0 atom stereocenters. The van der Waals surface area contributed by atoms with Crippen LogP contribution in [0.4, 0.5) is 0 Å². The Morgan fingerprint density at radius 3 is 2.62 bits per heavy atom. The molecule has 0 unspecified atom stereocenters. The first-order chi connectivity index (χ1) is 6.13. The standard InChI is InChI=1S/C9H21N3S/c1-8(2)12-6-4-3-5-7-13-9(10)11/h8,12H,3-7H2,1-2H3,(H3,10,11). The van der Waals surface area contributed by atoms with Crippen molar-refractivity contribution in [3.8, 4) is 0 Å². The third-order valence-electron chi connectivity index (χ3n) is 1.63. The highest BCUT2D eigenvalue weighted by molar-refractivity contribution is 8.13. The molecule has 0 aromatic heterocycles. The minimum Gasteiger partial charge on any atom is -0.379 e. The van der Waals surface area contributed by atoms with Gasteiger partial charge in [-0.1, -0.05) is 32.0 Å². The van der Waals surface area contributed by atoms with E-state index in [0.29, 0.717) is 6.04 Å². The van der Waals surface area contributed by atoms with Gasteiger partial charge in [0.1, 0.15) is 0 Å². The van der Waals surface area contributed by atoms with Gasteiger partial charge in [-0.2, -0.15) is 0 Å². The van der Waals surface area contributed by atoms with Gasteiger partial charge < -0.3 is 11.1 Å². The molecule has 0 amide bonds. The van der Waals surface area contributed by atoms with Gasteiger partial charge in [-0.25, -0.2) is 0 Å². The number of rotatable bonds is 7. The molecule has 0 saturated carbocycles. The summed E-state index contributed by atoms with van der Waals surface area (Å²) in [6, 6.07) is 0.589. The van der Waals surface area contributed by atoms with Crippen LogP contribution in [0.3, 0.4) is 0 Å². The predicted molar refractivity (Wildman–Crippen MR) is 61.4 cm³/mol. The molecule has 3 nitrogen and oxygen atoms in total. The molecule has 4 heteroatoms. The second-order valence-electron chi connectivity index (χ2n) is 3.38. The maximum absolute atomic E-state index is 7.00. The van der Waals surface area contributed by atoms with Gasteiger partial charge in [0, 0.05) is 11.8 Å². The molecule has 0 spiro atoms. The summed E-state index contributed by atoms with van der Waals surface area (Å²) < 4.78 is 0. The van der Waals surface area contributed by atoms with Crippen LogP contribution in [0.5, 0.6) is 0 Å². The van der Waals surface area contributed by atoms with E-state index < -0.39 is 0 Å². The summed E-state index contributed by atoms with van der Waals surface area (Å²) in [5.41, 5.74) is 5.21. The zero-order chi connectivity index (χ0) is 10.1. The maximum Gasteiger partial charge on any atom is 0.151 e. The van der Waals surface area contributed by atoms with E-state index in [0.717, 1.165) is 18.7 Å². The van der Waals surface area contributed by atoms with Gasteiger partial charge in [-0.3, -0.25) is 5.41 Å². The first-order valence-electron chi connectivity index (χ1n) is 4.83. The third kappa shape index (κ3) is 11.8. The number of thioether (sulfide) groups is 1. The largest absolute Gasteiger partial charge is 0.379 e. The van der Waals surface area contributed by atoms with Crippen molar-refractivity contribution in [3.05, 3.63) is 0 Å². The minimum absolute atomic E-state index is 0.236. The highest BCUT2D eigenvalue weighted by atomic mass is 32.2. The lowest BCUT2D eigenvalue weighted by Gasteiger charge is -2.06. The van der Waals surface area contributed by atoms with Crippen LogP contribution in [-0.2, 0) is 0 Å². The van der Waals surface area contributed by atoms with Crippen LogP contribution in [-0.4, -0.2) is 23.5 Å². The summed E-state index contributed by atoms with van der Waals surface area (Å²) in [4.78, 5) is 0. The van der Waals surface area contributed by atoms with Gasteiger partial charge in [-0.05, 0) is 19.4 Å². The summed E-state index contributed by atoms with van der Waals surface area (Å²) in [5.74, 6) is 0.983. The first kappa shape index (κ1) is 12.8. The molecule has 0 fully saturated rings. The van der Waals surface area contributed by atoms with E-state index >= 15 is 0 Å². The van der Waals surface area contributed by atoms with Crippen molar-refractivity contribution in [1.29, 1.82) is 5.41 Å². The zero-order valence-corrected chi connectivity index (χ0v) is 9.41. The van der Waals surface area contributed by atoms with Gasteiger partial charge in [0.25, 0.3) is 0 Å². The second-order valence-corrected chi connectivity index (χ2v) is 4.52. The molecule has 13 heavy (non-hydrogen) atoms. The summed E-state index contributed by atoms with van der Waals surface area (Å²) in [5, 5.41) is 10.6. The zero-order valence-electron chi connectivity index (χ0n) is 8.60. The minimum atomic E-state index is 0.236. The number of nitrogens with one attached hydrogen (secondary N) is 2. The van der Waals surface area contributed by atoms with E-state index in [2.05, 4.69) is 19.2 Å².